The molecule has 0 atom stereocenters. The van der Waals surface area contributed by atoms with E-state index in [1.807, 2.05) is 0 Å². The Morgan fingerprint density at radius 3 is 2.92 bits per heavy atom. The van der Waals surface area contributed by atoms with Crippen LogP contribution in [0.2, 0.25) is 0 Å². The van der Waals surface area contributed by atoms with Crippen LogP contribution in [0.5, 0.6) is 0 Å². The fraction of sp³-hybridized carbons (Fsp3) is 0.500. The lowest BCUT2D eigenvalue weighted by molar-refractivity contribution is 0.0910. The predicted octanol–water partition coefficient (Wildman–Crippen LogP) is 1.06. The van der Waals surface area contributed by atoms with E-state index in [4.69, 9.17) is 5.73 Å². The second-order valence-electron chi connectivity index (χ2n) is 3.18. The van der Waals surface area contributed by atoms with E-state index in [2.05, 4.69) is 4.98 Å². The Morgan fingerprint density at radius 2 is 2.50 bits per heavy atom. The summed E-state index contributed by atoms with van der Waals surface area (Å²) >= 11 is 1.40. The van der Waals surface area contributed by atoms with E-state index in [1.54, 1.807) is 11.7 Å². The minimum atomic E-state index is -0.216. The molecule has 2 rings (SSSR count). The molecule has 1 saturated carbocycles. The molecular weight excluding hydrogens is 172 g/mol. The Morgan fingerprint density at radius 1 is 1.75 bits per heavy atom. The Balaban J connectivity index is 2.21. The van der Waals surface area contributed by atoms with E-state index in [9.17, 15) is 4.79 Å². The van der Waals surface area contributed by atoms with Crippen molar-refractivity contribution in [2.24, 2.45) is 11.1 Å². The summed E-state index contributed by atoms with van der Waals surface area (Å²) in [5.41, 5.74) is 7.00. The number of carbonyl (C=O) groups is 1. The summed E-state index contributed by atoms with van der Waals surface area (Å²) in [7, 11) is 0. The SMILES string of the molecule is NCC1(C(=O)c2cncs2)CC1. The van der Waals surface area contributed by atoms with Crippen LogP contribution in [-0.2, 0) is 0 Å². The lowest BCUT2D eigenvalue weighted by Gasteiger charge is -2.07. The first-order valence-corrected chi connectivity index (χ1v) is 4.80. The third kappa shape index (κ3) is 1.07. The first-order valence-electron chi connectivity index (χ1n) is 3.92. The minimum absolute atomic E-state index is 0.188. The van der Waals surface area contributed by atoms with Gasteiger partial charge in [-0.3, -0.25) is 9.78 Å². The van der Waals surface area contributed by atoms with Crippen molar-refractivity contribution in [1.82, 2.24) is 4.98 Å². The highest BCUT2D eigenvalue weighted by molar-refractivity contribution is 7.11. The summed E-state index contributed by atoms with van der Waals surface area (Å²) < 4.78 is 0. The first-order chi connectivity index (χ1) is 5.78. The summed E-state index contributed by atoms with van der Waals surface area (Å²) in [5, 5.41) is 0. The van der Waals surface area contributed by atoms with Crippen LogP contribution >= 0.6 is 11.3 Å². The summed E-state index contributed by atoms with van der Waals surface area (Å²) in [5.74, 6) is 0.188. The number of hydrogen-bond donors (Lipinski definition) is 1. The van der Waals surface area contributed by atoms with Gasteiger partial charge in [0.2, 0.25) is 0 Å². The summed E-state index contributed by atoms with van der Waals surface area (Å²) in [6.45, 7) is 0.476. The number of aromatic nitrogens is 1. The van der Waals surface area contributed by atoms with Gasteiger partial charge in [-0.2, -0.15) is 0 Å². The van der Waals surface area contributed by atoms with Crippen LogP contribution in [0.25, 0.3) is 0 Å². The normalized spacial score (nSPS) is 19.1. The van der Waals surface area contributed by atoms with Crippen molar-refractivity contribution in [2.45, 2.75) is 12.8 Å². The number of rotatable bonds is 3. The second-order valence-corrected chi connectivity index (χ2v) is 4.07. The number of carbonyl (C=O) groups excluding carboxylic acids is 1. The van der Waals surface area contributed by atoms with E-state index in [0.717, 1.165) is 17.7 Å². The summed E-state index contributed by atoms with van der Waals surface area (Å²) in [4.78, 5) is 16.3. The smallest absolute Gasteiger partial charge is 0.181 e. The molecule has 0 amide bonds. The van der Waals surface area contributed by atoms with E-state index in [-0.39, 0.29) is 11.2 Å². The highest BCUT2D eigenvalue weighted by Crippen LogP contribution is 2.47. The fourth-order valence-electron chi connectivity index (χ4n) is 1.26. The maximum absolute atomic E-state index is 11.7. The lowest BCUT2D eigenvalue weighted by Crippen LogP contribution is -2.24. The molecule has 1 aromatic rings. The number of nitrogens with two attached hydrogens (primary N) is 1. The standard InChI is InChI=1S/C8H10N2OS/c9-4-8(1-2-8)7(11)6-3-10-5-12-6/h3,5H,1-2,4,9H2. The molecule has 1 aromatic heterocycles. The Hall–Kier alpha value is -0.740. The zero-order valence-corrected chi connectivity index (χ0v) is 7.43. The number of hydrogen-bond acceptors (Lipinski definition) is 4. The van der Waals surface area contributed by atoms with E-state index < -0.39 is 0 Å². The first kappa shape index (κ1) is 7.89. The van der Waals surface area contributed by atoms with Gasteiger partial charge in [-0.15, -0.1) is 11.3 Å². The van der Waals surface area contributed by atoms with Crippen molar-refractivity contribution in [3.63, 3.8) is 0 Å². The van der Waals surface area contributed by atoms with Gasteiger partial charge in [-0.25, -0.2) is 0 Å². The molecule has 64 valence electrons. The van der Waals surface area contributed by atoms with Gasteiger partial charge in [0.15, 0.2) is 5.78 Å². The van der Waals surface area contributed by atoms with Crippen LogP contribution in [0, 0.1) is 5.41 Å². The molecule has 1 heterocycles. The number of Topliss-reactive ketones (excluding diaryl/α,β-unsaturated/α-hetero) is 1. The maximum atomic E-state index is 11.7. The highest BCUT2D eigenvalue weighted by Gasteiger charge is 2.48. The van der Waals surface area contributed by atoms with Crippen molar-refractivity contribution in [2.75, 3.05) is 6.54 Å². The van der Waals surface area contributed by atoms with Gasteiger partial charge in [-0.1, -0.05) is 0 Å². The van der Waals surface area contributed by atoms with Crippen LogP contribution in [0.15, 0.2) is 11.7 Å². The van der Waals surface area contributed by atoms with Gasteiger partial charge in [0.1, 0.15) is 0 Å². The molecule has 0 bridgehead atoms. The second kappa shape index (κ2) is 2.64. The third-order valence-electron chi connectivity index (χ3n) is 2.38. The van der Waals surface area contributed by atoms with Crippen molar-refractivity contribution in [1.29, 1.82) is 0 Å². The largest absolute Gasteiger partial charge is 0.329 e. The molecule has 0 aliphatic heterocycles. The maximum Gasteiger partial charge on any atom is 0.181 e. The fourth-order valence-corrected chi connectivity index (χ4v) is 1.94. The average molecular weight is 182 g/mol. The summed E-state index contributed by atoms with van der Waals surface area (Å²) in [6.07, 6.45) is 3.52. The number of ketones is 1. The van der Waals surface area contributed by atoms with Crippen LogP contribution in [0.1, 0.15) is 22.5 Å². The molecule has 2 N–H and O–H groups in total. The molecule has 0 aromatic carbocycles. The molecule has 0 radical (unpaired) electrons. The molecule has 0 spiro atoms. The van der Waals surface area contributed by atoms with Crippen molar-refractivity contribution in [3.8, 4) is 0 Å². The lowest BCUT2D eigenvalue weighted by atomic mass is 10.0. The average Bonchev–Trinajstić information content (AvgIpc) is 2.71. The zero-order chi connectivity index (χ0) is 8.60. The van der Waals surface area contributed by atoms with Gasteiger partial charge < -0.3 is 5.73 Å². The Labute approximate surface area is 74.6 Å². The number of thiazole rings is 1. The van der Waals surface area contributed by atoms with Gasteiger partial charge in [0.25, 0.3) is 0 Å². The number of nitrogens with zero attached hydrogens (tertiary/aromatic N) is 1. The quantitative estimate of drug-likeness (QED) is 0.711. The topological polar surface area (TPSA) is 56.0 Å². The van der Waals surface area contributed by atoms with Crippen molar-refractivity contribution in [3.05, 3.63) is 16.6 Å². The summed E-state index contributed by atoms with van der Waals surface area (Å²) in [6, 6.07) is 0. The molecule has 4 heteroatoms. The molecular formula is C8H10N2OS. The molecule has 1 fully saturated rings. The van der Waals surface area contributed by atoms with E-state index in [0.29, 0.717) is 6.54 Å². The van der Waals surface area contributed by atoms with Crippen LogP contribution in [-0.4, -0.2) is 17.3 Å². The zero-order valence-electron chi connectivity index (χ0n) is 6.62. The van der Waals surface area contributed by atoms with Gasteiger partial charge >= 0.3 is 0 Å². The molecule has 12 heavy (non-hydrogen) atoms. The van der Waals surface area contributed by atoms with Crippen molar-refractivity contribution < 1.29 is 4.79 Å². The molecule has 0 unspecified atom stereocenters. The van der Waals surface area contributed by atoms with Gasteiger partial charge in [-0.05, 0) is 12.8 Å². The highest BCUT2D eigenvalue weighted by atomic mass is 32.1. The van der Waals surface area contributed by atoms with E-state index in [1.165, 1.54) is 11.3 Å². The molecule has 3 nitrogen and oxygen atoms in total. The van der Waals surface area contributed by atoms with Crippen LogP contribution in [0.4, 0.5) is 0 Å². The van der Waals surface area contributed by atoms with Gasteiger partial charge in [0.05, 0.1) is 10.4 Å². The minimum Gasteiger partial charge on any atom is -0.329 e. The molecule has 1 aliphatic rings. The van der Waals surface area contributed by atoms with Crippen molar-refractivity contribution >= 4 is 17.1 Å². The molecule has 0 saturated heterocycles. The van der Waals surface area contributed by atoms with Gasteiger partial charge in [0, 0.05) is 18.2 Å². The Kier molecular flexibility index (Phi) is 1.73. The monoisotopic (exact) mass is 182 g/mol. The predicted molar refractivity (Wildman–Crippen MR) is 47.2 cm³/mol. The third-order valence-corrected chi connectivity index (χ3v) is 3.15. The van der Waals surface area contributed by atoms with E-state index >= 15 is 0 Å². The Bertz CT molecular complexity index is 290. The van der Waals surface area contributed by atoms with Crippen LogP contribution in [0.3, 0.4) is 0 Å². The molecule has 1 aliphatic carbocycles. The van der Waals surface area contributed by atoms with Crippen LogP contribution < -0.4 is 5.73 Å².